The fourth-order valence-electron chi connectivity index (χ4n) is 2.03. The molecule has 0 aromatic heterocycles. The third-order valence-electron chi connectivity index (χ3n) is 2.73. The van der Waals surface area contributed by atoms with Crippen molar-refractivity contribution in [3.8, 4) is 0 Å². The van der Waals surface area contributed by atoms with Crippen LogP contribution in [0.5, 0.6) is 0 Å². The smallest absolute Gasteiger partial charge is 0.0727 e. The van der Waals surface area contributed by atoms with Crippen LogP contribution in [0.15, 0.2) is 0 Å². The summed E-state index contributed by atoms with van der Waals surface area (Å²) in [5, 5.41) is 3.53. The van der Waals surface area contributed by atoms with Gasteiger partial charge in [-0.05, 0) is 32.7 Å². The SMILES string of the molecule is CCCC(OCC)C(CCCOC)NCC. The lowest BCUT2D eigenvalue weighted by molar-refractivity contribution is 0.0240. The van der Waals surface area contributed by atoms with Crippen LogP contribution in [0.1, 0.15) is 46.5 Å². The number of nitrogens with one attached hydrogen (secondary N) is 1. The van der Waals surface area contributed by atoms with Crippen LogP contribution in [-0.4, -0.2) is 39.0 Å². The number of likely N-dealkylation sites (N-methyl/N-ethyl adjacent to an activating group) is 1. The van der Waals surface area contributed by atoms with E-state index in [9.17, 15) is 0 Å². The van der Waals surface area contributed by atoms with Gasteiger partial charge in [0.15, 0.2) is 0 Å². The van der Waals surface area contributed by atoms with Crippen molar-refractivity contribution in [3.63, 3.8) is 0 Å². The van der Waals surface area contributed by atoms with Gasteiger partial charge in [-0.15, -0.1) is 0 Å². The van der Waals surface area contributed by atoms with Crippen LogP contribution in [0.4, 0.5) is 0 Å². The first-order valence-electron chi connectivity index (χ1n) is 6.63. The van der Waals surface area contributed by atoms with Gasteiger partial charge in [0.05, 0.1) is 6.10 Å². The molecular weight excluding hydrogens is 202 g/mol. The van der Waals surface area contributed by atoms with Gasteiger partial charge in [0.2, 0.25) is 0 Å². The summed E-state index contributed by atoms with van der Waals surface area (Å²) < 4.78 is 10.9. The Labute approximate surface area is 101 Å². The molecule has 0 aliphatic carbocycles. The van der Waals surface area contributed by atoms with Crippen LogP contribution in [-0.2, 0) is 9.47 Å². The van der Waals surface area contributed by atoms with Crippen LogP contribution < -0.4 is 5.32 Å². The molecule has 0 bridgehead atoms. The Morgan fingerprint density at radius 3 is 2.38 bits per heavy atom. The summed E-state index contributed by atoms with van der Waals surface area (Å²) in [7, 11) is 1.76. The highest BCUT2D eigenvalue weighted by Gasteiger charge is 2.19. The zero-order chi connectivity index (χ0) is 12.2. The molecular formula is C13H29NO2. The maximum Gasteiger partial charge on any atom is 0.0727 e. The summed E-state index contributed by atoms with van der Waals surface area (Å²) in [6.07, 6.45) is 4.90. The third kappa shape index (κ3) is 7.20. The van der Waals surface area contributed by atoms with Crippen molar-refractivity contribution >= 4 is 0 Å². The highest BCUT2D eigenvalue weighted by molar-refractivity contribution is 4.76. The van der Waals surface area contributed by atoms with E-state index in [4.69, 9.17) is 9.47 Å². The van der Waals surface area contributed by atoms with Crippen molar-refractivity contribution in [2.75, 3.05) is 26.9 Å². The van der Waals surface area contributed by atoms with Gasteiger partial charge >= 0.3 is 0 Å². The average Bonchev–Trinajstić information content (AvgIpc) is 2.28. The molecule has 0 saturated carbocycles. The Balaban J connectivity index is 4.08. The number of rotatable bonds is 11. The summed E-state index contributed by atoms with van der Waals surface area (Å²) >= 11 is 0. The molecule has 0 saturated heterocycles. The number of hydrogen-bond donors (Lipinski definition) is 1. The van der Waals surface area contributed by atoms with Crippen LogP contribution >= 0.6 is 0 Å². The van der Waals surface area contributed by atoms with Gasteiger partial charge in [0.25, 0.3) is 0 Å². The zero-order valence-electron chi connectivity index (χ0n) is 11.4. The van der Waals surface area contributed by atoms with Crippen LogP contribution in [0, 0.1) is 0 Å². The van der Waals surface area contributed by atoms with Gasteiger partial charge in [-0.3, -0.25) is 0 Å². The van der Waals surface area contributed by atoms with Crippen molar-refractivity contribution < 1.29 is 9.47 Å². The summed E-state index contributed by atoms with van der Waals surface area (Å²) in [4.78, 5) is 0. The molecule has 0 aliphatic heterocycles. The Morgan fingerprint density at radius 2 is 1.88 bits per heavy atom. The Hall–Kier alpha value is -0.120. The molecule has 0 spiro atoms. The normalized spacial score (nSPS) is 15.0. The van der Waals surface area contributed by atoms with Crippen LogP contribution in [0.2, 0.25) is 0 Å². The van der Waals surface area contributed by atoms with Gasteiger partial charge in [-0.1, -0.05) is 20.3 Å². The molecule has 0 aromatic rings. The second-order valence-electron chi connectivity index (χ2n) is 4.08. The molecule has 0 radical (unpaired) electrons. The summed E-state index contributed by atoms with van der Waals surface area (Å²) in [6, 6.07) is 0.472. The lowest BCUT2D eigenvalue weighted by Crippen LogP contribution is -2.41. The van der Waals surface area contributed by atoms with Gasteiger partial charge in [0.1, 0.15) is 0 Å². The van der Waals surface area contributed by atoms with E-state index < -0.39 is 0 Å². The minimum Gasteiger partial charge on any atom is -0.385 e. The molecule has 2 unspecified atom stereocenters. The second-order valence-corrected chi connectivity index (χ2v) is 4.08. The van der Waals surface area contributed by atoms with E-state index in [1.165, 1.54) is 6.42 Å². The van der Waals surface area contributed by atoms with Crippen LogP contribution in [0.25, 0.3) is 0 Å². The largest absolute Gasteiger partial charge is 0.385 e. The first-order chi connectivity index (χ1) is 7.79. The lowest BCUT2D eigenvalue weighted by atomic mass is 10.0. The third-order valence-corrected chi connectivity index (χ3v) is 2.73. The molecule has 0 amide bonds. The van der Waals surface area contributed by atoms with Gasteiger partial charge in [-0.2, -0.15) is 0 Å². The van der Waals surface area contributed by atoms with Crippen molar-refractivity contribution in [3.05, 3.63) is 0 Å². The fraction of sp³-hybridized carbons (Fsp3) is 1.00. The van der Waals surface area contributed by atoms with E-state index in [2.05, 4.69) is 26.1 Å². The molecule has 0 rings (SSSR count). The summed E-state index contributed by atoms with van der Waals surface area (Å²) in [5.74, 6) is 0. The molecule has 3 heteroatoms. The standard InChI is InChI=1S/C13H29NO2/c1-5-9-13(16-7-3)12(14-6-2)10-8-11-15-4/h12-14H,5-11H2,1-4H3. The molecule has 2 atom stereocenters. The molecule has 0 heterocycles. The van der Waals surface area contributed by atoms with Crippen molar-refractivity contribution in [1.29, 1.82) is 0 Å². The highest BCUT2D eigenvalue weighted by atomic mass is 16.5. The first-order valence-corrected chi connectivity index (χ1v) is 6.63. The van der Waals surface area contributed by atoms with E-state index >= 15 is 0 Å². The Bertz CT molecular complexity index is 136. The van der Waals surface area contributed by atoms with Gasteiger partial charge < -0.3 is 14.8 Å². The number of hydrogen-bond acceptors (Lipinski definition) is 3. The summed E-state index contributed by atoms with van der Waals surface area (Å²) in [5.41, 5.74) is 0. The summed E-state index contributed by atoms with van der Waals surface area (Å²) in [6.45, 7) is 9.08. The molecule has 0 fully saturated rings. The molecule has 98 valence electrons. The maximum atomic E-state index is 5.82. The predicted octanol–water partition coefficient (Wildman–Crippen LogP) is 2.60. The van der Waals surface area contributed by atoms with Crippen molar-refractivity contribution in [1.82, 2.24) is 5.32 Å². The predicted molar refractivity (Wildman–Crippen MR) is 68.9 cm³/mol. The minimum atomic E-state index is 0.354. The molecule has 0 aliphatic rings. The van der Waals surface area contributed by atoms with Crippen LogP contribution in [0.3, 0.4) is 0 Å². The first kappa shape index (κ1) is 15.9. The Morgan fingerprint density at radius 1 is 1.12 bits per heavy atom. The van der Waals surface area contributed by atoms with Crippen molar-refractivity contribution in [2.24, 2.45) is 0 Å². The van der Waals surface area contributed by atoms with Gasteiger partial charge in [0, 0.05) is 26.4 Å². The van der Waals surface area contributed by atoms with Crippen molar-refractivity contribution in [2.45, 2.75) is 58.6 Å². The Kier molecular flexibility index (Phi) is 11.3. The monoisotopic (exact) mass is 231 g/mol. The molecule has 1 N–H and O–H groups in total. The minimum absolute atomic E-state index is 0.354. The lowest BCUT2D eigenvalue weighted by Gasteiger charge is -2.27. The maximum absolute atomic E-state index is 5.82. The highest BCUT2D eigenvalue weighted by Crippen LogP contribution is 2.12. The molecule has 0 aromatic carbocycles. The fourth-order valence-corrected chi connectivity index (χ4v) is 2.03. The topological polar surface area (TPSA) is 30.5 Å². The molecule has 16 heavy (non-hydrogen) atoms. The second kappa shape index (κ2) is 11.4. The van der Waals surface area contributed by atoms with E-state index in [1.807, 2.05) is 0 Å². The zero-order valence-corrected chi connectivity index (χ0v) is 11.4. The van der Waals surface area contributed by atoms with E-state index in [1.54, 1.807) is 7.11 Å². The van der Waals surface area contributed by atoms with Gasteiger partial charge in [-0.25, -0.2) is 0 Å². The molecule has 3 nitrogen and oxygen atoms in total. The number of ether oxygens (including phenoxy) is 2. The van der Waals surface area contributed by atoms with E-state index in [0.717, 1.165) is 39.0 Å². The quantitative estimate of drug-likeness (QED) is 0.554. The number of methoxy groups -OCH3 is 1. The average molecular weight is 231 g/mol. The van der Waals surface area contributed by atoms with E-state index in [-0.39, 0.29) is 0 Å². The van der Waals surface area contributed by atoms with E-state index in [0.29, 0.717) is 12.1 Å².